The lowest BCUT2D eigenvalue weighted by atomic mass is 10.0. The maximum Gasteiger partial charge on any atom is 0.344 e. The van der Waals surface area contributed by atoms with Crippen LogP contribution in [0.15, 0.2) is 36.5 Å². The lowest BCUT2D eigenvalue weighted by Crippen LogP contribution is -2.34. The van der Waals surface area contributed by atoms with Crippen LogP contribution >= 0.6 is 0 Å². The molecule has 1 aromatic carbocycles. The molecule has 0 radical (unpaired) electrons. The van der Waals surface area contributed by atoms with Gasteiger partial charge in [-0.3, -0.25) is 4.72 Å². The lowest BCUT2D eigenvalue weighted by molar-refractivity contribution is 0.0383. The molecule has 4 rings (SSSR count). The molecule has 0 bridgehead atoms. The van der Waals surface area contributed by atoms with E-state index in [4.69, 9.17) is 4.74 Å². The van der Waals surface area contributed by atoms with E-state index >= 15 is 0 Å². The second kappa shape index (κ2) is 7.84. The fraction of sp³-hybridized carbons (Fsp3) is 0.476. The maximum atomic E-state index is 12.8. The Kier molecular flexibility index (Phi) is 5.40. The third kappa shape index (κ3) is 4.82. The first-order chi connectivity index (χ1) is 13.8. The SMILES string of the molecule is C=S(C)(=O)Nc1ccn(C(=O)N2C[C@H]3CC(OCc4cccc(C)c4)C[C@H]3C2)n1. The van der Waals surface area contributed by atoms with Gasteiger partial charge < -0.3 is 9.64 Å². The molecule has 8 heteroatoms. The number of nitrogens with one attached hydrogen (secondary N) is 1. The van der Waals surface area contributed by atoms with Crippen LogP contribution in [0.25, 0.3) is 0 Å². The average Bonchev–Trinajstić information content (AvgIpc) is 3.32. The first-order valence-corrected chi connectivity index (χ1v) is 12.0. The number of hydrogen-bond acceptors (Lipinski definition) is 4. The number of carbonyl (C=O) groups excluding carboxylic acids is 1. The molecule has 29 heavy (non-hydrogen) atoms. The molecule has 1 aliphatic heterocycles. The first-order valence-electron chi connectivity index (χ1n) is 9.89. The van der Waals surface area contributed by atoms with Crippen LogP contribution in [0.3, 0.4) is 0 Å². The highest BCUT2D eigenvalue weighted by molar-refractivity contribution is 8.00. The molecule has 1 N–H and O–H groups in total. The van der Waals surface area contributed by atoms with Gasteiger partial charge in [0.2, 0.25) is 0 Å². The van der Waals surface area contributed by atoms with Crippen molar-refractivity contribution in [2.24, 2.45) is 11.8 Å². The van der Waals surface area contributed by atoms with Crippen LogP contribution in [-0.4, -0.2) is 56.2 Å². The standard InChI is InChI=1S/C21H28N4O3S/c1-15-5-4-6-16(9-15)14-28-19-10-17-12-24(13-18(17)11-19)21(26)25-8-7-20(22-25)23-29(2,3)27/h4-9,17-19H,2,10-14H2,1,3H3,(H,22,23,27)/t17-,18+,19?,29?. The minimum absolute atomic E-state index is 0.142. The highest BCUT2D eigenvalue weighted by Gasteiger charge is 2.43. The number of carbonyl (C=O) groups is 1. The predicted molar refractivity (Wildman–Crippen MR) is 115 cm³/mol. The van der Waals surface area contributed by atoms with E-state index in [2.05, 4.69) is 46.9 Å². The summed E-state index contributed by atoms with van der Waals surface area (Å²) in [4.78, 5) is 14.6. The molecule has 156 valence electrons. The molecule has 7 nitrogen and oxygen atoms in total. The van der Waals surface area contributed by atoms with E-state index in [0.29, 0.717) is 24.3 Å². The van der Waals surface area contributed by atoms with Crippen LogP contribution in [-0.2, 0) is 21.1 Å². The summed E-state index contributed by atoms with van der Waals surface area (Å²) in [6.07, 6.45) is 5.33. The van der Waals surface area contributed by atoms with Gasteiger partial charge in [-0.25, -0.2) is 9.00 Å². The molecule has 1 saturated carbocycles. The number of benzene rings is 1. The van der Waals surface area contributed by atoms with Crippen LogP contribution in [0.2, 0.25) is 0 Å². The van der Waals surface area contributed by atoms with Crippen LogP contribution in [0, 0.1) is 18.8 Å². The number of likely N-dealkylation sites (tertiary alicyclic amines) is 1. The van der Waals surface area contributed by atoms with Crippen molar-refractivity contribution in [3.63, 3.8) is 0 Å². The third-order valence-electron chi connectivity index (χ3n) is 5.65. The Bertz CT molecular complexity index is 987. The predicted octanol–water partition coefficient (Wildman–Crippen LogP) is 2.76. The van der Waals surface area contributed by atoms with Gasteiger partial charge in [-0.2, -0.15) is 4.68 Å². The van der Waals surface area contributed by atoms with Gasteiger partial charge in [0.1, 0.15) is 0 Å². The van der Waals surface area contributed by atoms with E-state index in [-0.39, 0.29) is 12.1 Å². The molecule has 0 spiro atoms. The molecule has 2 fully saturated rings. The van der Waals surface area contributed by atoms with E-state index in [1.165, 1.54) is 22.1 Å². The number of ether oxygens (including phenoxy) is 1. The van der Waals surface area contributed by atoms with Crippen molar-refractivity contribution in [3.05, 3.63) is 47.7 Å². The number of aromatic nitrogens is 2. The van der Waals surface area contributed by atoms with Gasteiger partial charge in [0, 0.05) is 41.3 Å². The average molecular weight is 417 g/mol. The zero-order chi connectivity index (χ0) is 20.6. The number of aryl methyl sites for hydroxylation is 1. The van der Waals surface area contributed by atoms with E-state index in [9.17, 15) is 9.00 Å². The Balaban J connectivity index is 1.29. The van der Waals surface area contributed by atoms with Gasteiger partial charge in [-0.1, -0.05) is 29.8 Å². The molecule has 2 unspecified atom stereocenters. The zero-order valence-electron chi connectivity index (χ0n) is 16.9. The van der Waals surface area contributed by atoms with Gasteiger partial charge in [0.25, 0.3) is 0 Å². The summed E-state index contributed by atoms with van der Waals surface area (Å²) >= 11 is 0. The summed E-state index contributed by atoms with van der Waals surface area (Å²) < 4.78 is 21.9. The molecule has 1 aliphatic carbocycles. The van der Waals surface area contributed by atoms with E-state index in [1.807, 2.05) is 4.90 Å². The summed E-state index contributed by atoms with van der Waals surface area (Å²) in [6, 6.07) is 9.91. The van der Waals surface area contributed by atoms with Crippen molar-refractivity contribution < 1.29 is 13.7 Å². The van der Waals surface area contributed by atoms with Gasteiger partial charge in [0.05, 0.1) is 12.7 Å². The molecule has 1 aromatic heterocycles. The topological polar surface area (TPSA) is 76.5 Å². The molecule has 1 saturated heterocycles. The lowest BCUT2D eigenvalue weighted by Gasteiger charge is -2.19. The second-order valence-electron chi connectivity index (χ2n) is 8.35. The van der Waals surface area contributed by atoms with Crippen molar-refractivity contribution in [2.45, 2.75) is 32.5 Å². The first kappa shape index (κ1) is 20.0. The fourth-order valence-electron chi connectivity index (χ4n) is 4.40. The normalized spacial score (nSPS) is 25.6. The summed E-state index contributed by atoms with van der Waals surface area (Å²) in [7, 11) is -2.42. The number of fused-ring (bicyclic) bond motifs is 1. The third-order valence-corrected chi connectivity index (χ3v) is 6.29. The smallest absolute Gasteiger partial charge is 0.344 e. The van der Waals surface area contributed by atoms with Gasteiger partial charge in [0.15, 0.2) is 5.82 Å². The highest BCUT2D eigenvalue weighted by Crippen LogP contribution is 2.39. The summed E-state index contributed by atoms with van der Waals surface area (Å²) in [5.74, 6) is 4.89. The second-order valence-corrected chi connectivity index (χ2v) is 10.6. The number of nitrogens with zero attached hydrogens (tertiary/aromatic N) is 3. The van der Waals surface area contributed by atoms with Crippen molar-refractivity contribution in [1.29, 1.82) is 0 Å². The van der Waals surface area contributed by atoms with Crippen molar-refractivity contribution in [1.82, 2.24) is 14.7 Å². The molecule has 2 aliphatic rings. The number of anilines is 1. The number of rotatable bonds is 5. The highest BCUT2D eigenvalue weighted by atomic mass is 32.2. The maximum absolute atomic E-state index is 12.8. The van der Waals surface area contributed by atoms with Crippen molar-refractivity contribution in [3.8, 4) is 0 Å². The Hall–Kier alpha value is -2.32. The molecule has 2 aromatic rings. The van der Waals surface area contributed by atoms with E-state index in [0.717, 1.165) is 25.9 Å². The van der Waals surface area contributed by atoms with Crippen LogP contribution in [0.5, 0.6) is 0 Å². The summed E-state index contributed by atoms with van der Waals surface area (Å²) in [5, 5.41) is 4.19. The number of amides is 1. The Morgan fingerprint density at radius 3 is 2.69 bits per heavy atom. The molecular weight excluding hydrogens is 388 g/mol. The largest absolute Gasteiger partial charge is 0.374 e. The van der Waals surface area contributed by atoms with Crippen molar-refractivity contribution in [2.75, 3.05) is 24.1 Å². The van der Waals surface area contributed by atoms with Gasteiger partial charge in [-0.15, -0.1) is 5.10 Å². The zero-order valence-corrected chi connectivity index (χ0v) is 17.7. The molecular formula is C21H28N4O3S. The Morgan fingerprint density at radius 1 is 1.31 bits per heavy atom. The summed E-state index contributed by atoms with van der Waals surface area (Å²) in [5.41, 5.74) is 2.46. The fourth-order valence-corrected chi connectivity index (χ4v) is 4.95. The summed E-state index contributed by atoms with van der Waals surface area (Å²) in [6.45, 7) is 4.20. The van der Waals surface area contributed by atoms with E-state index < -0.39 is 9.71 Å². The Labute approximate surface area is 172 Å². The monoisotopic (exact) mass is 416 g/mol. The Morgan fingerprint density at radius 2 is 2.03 bits per heavy atom. The van der Waals surface area contributed by atoms with Gasteiger partial charge in [-0.05, 0) is 43.0 Å². The van der Waals surface area contributed by atoms with Crippen LogP contribution in [0.1, 0.15) is 24.0 Å². The van der Waals surface area contributed by atoms with Crippen LogP contribution in [0.4, 0.5) is 10.6 Å². The minimum Gasteiger partial charge on any atom is -0.374 e. The minimum atomic E-state index is -2.42. The quantitative estimate of drug-likeness (QED) is 0.761. The van der Waals surface area contributed by atoms with Crippen LogP contribution < -0.4 is 4.72 Å². The van der Waals surface area contributed by atoms with Crippen molar-refractivity contribution >= 4 is 27.4 Å². The molecule has 4 atom stereocenters. The molecule has 2 heterocycles. The number of hydrogen-bond donors (Lipinski definition) is 1. The molecule has 1 amide bonds. The van der Waals surface area contributed by atoms with E-state index in [1.54, 1.807) is 12.3 Å². The van der Waals surface area contributed by atoms with Gasteiger partial charge >= 0.3 is 6.03 Å².